The average molecular weight is 287 g/mol. The van der Waals surface area contributed by atoms with Gasteiger partial charge in [0.2, 0.25) is 5.91 Å². The van der Waals surface area contributed by atoms with E-state index in [1.807, 2.05) is 39.8 Å². The third kappa shape index (κ3) is 4.87. The van der Waals surface area contributed by atoms with Crippen LogP contribution in [-0.4, -0.2) is 23.4 Å². The van der Waals surface area contributed by atoms with Crippen molar-refractivity contribution in [2.75, 3.05) is 6.54 Å². The quantitative estimate of drug-likeness (QED) is 0.905. The second-order valence-corrected chi connectivity index (χ2v) is 6.41. The van der Waals surface area contributed by atoms with Crippen LogP contribution >= 0.6 is 0 Å². The number of hydrogen-bond donors (Lipinski definition) is 1. The Morgan fingerprint density at radius 1 is 1.33 bits per heavy atom. The lowest BCUT2D eigenvalue weighted by molar-refractivity contribution is -0.135. The predicted molar refractivity (Wildman–Crippen MR) is 84.3 cm³/mol. The van der Waals surface area contributed by atoms with E-state index in [4.69, 9.17) is 11.0 Å². The van der Waals surface area contributed by atoms with Gasteiger partial charge in [0.15, 0.2) is 0 Å². The van der Waals surface area contributed by atoms with E-state index in [-0.39, 0.29) is 11.3 Å². The third-order valence-corrected chi connectivity index (χ3v) is 3.46. The highest BCUT2D eigenvalue weighted by Gasteiger charge is 2.30. The molecule has 114 valence electrons. The van der Waals surface area contributed by atoms with Crippen LogP contribution in [0, 0.1) is 16.7 Å². The van der Waals surface area contributed by atoms with Crippen molar-refractivity contribution in [1.82, 2.24) is 4.90 Å². The molecular weight excluding hydrogens is 262 g/mol. The van der Waals surface area contributed by atoms with Gasteiger partial charge in [-0.1, -0.05) is 39.8 Å². The summed E-state index contributed by atoms with van der Waals surface area (Å²) in [6, 6.07) is 8.90. The first-order valence-electron chi connectivity index (χ1n) is 7.33. The first-order chi connectivity index (χ1) is 9.79. The molecule has 0 aliphatic carbocycles. The topological polar surface area (TPSA) is 70.1 Å². The Morgan fingerprint density at radius 2 is 1.90 bits per heavy atom. The van der Waals surface area contributed by atoms with E-state index in [9.17, 15) is 4.79 Å². The van der Waals surface area contributed by atoms with Gasteiger partial charge in [0.1, 0.15) is 0 Å². The fraction of sp³-hybridized carbons (Fsp3) is 0.529. The van der Waals surface area contributed by atoms with E-state index in [0.717, 1.165) is 12.0 Å². The maximum Gasteiger partial charge on any atom is 0.240 e. The molecule has 0 unspecified atom stereocenters. The van der Waals surface area contributed by atoms with E-state index in [1.54, 1.807) is 17.0 Å². The summed E-state index contributed by atoms with van der Waals surface area (Å²) in [6.45, 7) is 9.18. The van der Waals surface area contributed by atoms with E-state index >= 15 is 0 Å². The zero-order chi connectivity index (χ0) is 16.0. The molecule has 1 aromatic carbocycles. The highest BCUT2D eigenvalue weighted by molar-refractivity contribution is 5.82. The zero-order valence-electron chi connectivity index (χ0n) is 13.4. The summed E-state index contributed by atoms with van der Waals surface area (Å²) in [7, 11) is 0. The minimum absolute atomic E-state index is 0.0197. The molecule has 1 aromatic rings. The Hall–Kier alpha value is -1.86. The van der Waals surface area contributed by atoms with Crippen molar-refractivity contribution < 1.29 is 4.79 Å². The Bertz CT molecular complexity index is 508. The van der Waals surface area contributed by atoms with Crippen molar-refractivity contribution in [3.8, 4) is 6.07 Å². The van der Waals surface area contributed by atoms with Crippen LogP contribution in [0.2, 0.25) is 0 Å². The first kappa shape index (κ1) is 17.2. The molecule has 0 saturated carbocycles. The van der Waals surface area contributed by atoms with Gasteiger partial charge in [-0.05, 0) is 29.5 Å². The van der Waals surface area contributed by atoms with Crippen molar-refractivity contribution in [2.24, 2.45) is 11.1 Å². The molecule has 0 aliphatic heterocycles. The number of carbonyl (C=O) groups excluding carboxylic acids is 1. The lowest BCUT2D eigenvalue weighted by atomic mass is 9.86. The molecule has 21 heavy (non-hydrogen) atoms. The Balaban J connectivity index is 2.86. The van der Waals surface area contributed by atoms with Gasteiger partial charge in [0.25, 0.3) is 0 Å². The summed E-state index contributed by atoms with van der Waals surface area (Å²) >= 11 is 0. The van der Waals surface area contributed by atoms with Crippen LogP contribution in [0.5, 0.6) is 0 Å². The summed E-state index contributed by atoms with van der Waals surface area (Å²) in [5.74, 6) is -0.0197. The number of carbonyl (C=O) groups is 1. The van der Waals surface area contributed by atoms with E-state index in [0.29, 0.717) is 18.7 Å². The van der Waals surface area contributed by atoms with Gasteiger partial charge < -0.3 is 10.6 Å². The monoisotopic (exact) mass is 287 g/mol. The van der Waals surface area contributed by atoms with E-state index in [2.05, 4.69) is 6.07 Å². The number of nitrogens with two attached hydrogens (primary N) is 1. The molecule has 0 aromatic heterocycles. The largest absolute Gasteiger partial charge is 0.337 e. The van der Waals surface area contributed by atoms with Gasteiger partial charge in [0.05, 0.1) is 17.7 Å². The van der Waals surface area contributed by atoms with Gasteiger partial charge in [-0.2, -0.15) is 5.26 Å². The summed E-state index contributed by atoms with van der Waals surface area (Å²) in [4.78, 5) is 14.4. The second-order valence-electron chi connectivity index (χ2n) is 6.41. The number of amides is 1. The fourth-order valence-corrected chi connectivity index (χ4v) is 2.01. The SMILES string of the molecule is CCCN(Cc1ccc(C#N)cc1)C(=O)[C@H](N)C(C)(C)C. The first-order valence-corrected chi connectivity index (χ1v) is 7.33. The van der Waals surface area contributed by atoms with E-state index in [1.165, 1.54) is 0 Å². The Labute approximate surface area is 127 Å². The molecule has 2 N–H and O–H groups in total. The van der Waals surface area contributed by atoms with Crippen LogP contribution in [0.3, 0.4) is 0 Å². The number of nitriles is 1. The van der Waals surface area contributed by atoms with Gasteiger partial charge in [-0.25, -0.2) is 0 Å². The van der Waals surface area contributed by atoms with Crippen LogP contribution in [0.25, 0.3) is 0 Å². The van der Waals surface area contributed by atoms with Crippen molar-refractivity contribution in [3.05, 3.63) is 35.4 Å². The smallest absolute Gasteiger partial charge is 0.240 e. The van der Waals surface area contributed by atoms with Crippen LogP contribution in [0.4, 0.5) is 0 Å². The molecule has 1 amide bonds. The molecule has 0 aliphatic rings. The Morgan fingerprint density at radius 3 is 2.33 bits per heavy atom. The molecule has 0 spiro atoms. The molecule has 0 radical (unpaired) electrons. The minimum Gasteiger partial charge on any atom is -0.337 e. The number of benzene rings is 1. The Kier molecular flexibility index (Phi) is 5.92. The number of nitrogens with zero attached hydrogens (tertiary/aromatic N) is 2. The normalized spacial score (nSPS) is 12.6. The van der Waals surface area contributed by atoms with E-state index < -0.39 is 6.04 Å². The van der Waals surface area contributed by atoms with Gasteiger partial charge in [0, 0.05) is 13.1 Å². The fourth-order valence-electron chi connectivity index (χ4n) is 2.01. The molecular formula is C17H25N3O. The predicted octanol–water partition coefficient (Wildman–Crippen LogP) is 2.67. The van der Waals surface area contributed by atoms with Crippen molar-refractivity contribution in [3.63, 3.8) is 0 Å². The molecule has 0 fully saturated rings. The van der Waals surface area contributed by atoms with Crippen molar-refractivity contribution in [2.45, 2.75) is 46.7 Å². The summed E-state index contributed by atoms with van der Waals surface area (Å²) < 4.78 is 0. The van der Waals surface area contributed by atoms with Crippen LogP contribution in [0.15, 0.2) is 24.3 Å². The summed E-state index contributed by atoms with van der Waals surface area (Å²) in [6.07, 6.45) is 0.888. The standard InChI is InChI=1S/C17H25N3O/c1-5-10-20(16(21)15(19)17(2,3)4)12-14-8-6-13(11-18)7-9-14/h6-9,15H,5,10,12,19H2,1-4H3/t15-/m0/s1. The lowest BCUT2D eigenvalue weighted by Crippen LogP contribution is -2.50. The molecule has 0 bridgehead atoms. The third-order valence-electron chi connectivity index (χ3n) is 3.46. The molecule has 1 atom stereocenters. The van der Waals surface area contributed by atoms with Crippen LogP contribution < -0.4 is 5.73 Å². The number of hydrogen-bond acceptors (Lipinski definition) is 3. The maximum atomic E-state index is 12.6. The summed E-state index contributed by atoms with van der Waals surface area (Å²) in [5, 5.41) is 8.81. The van der Waals surface area contributed by atoms with Crippen molar-refractivity contribution >= 4 is 5.91 Å². The highest BCUT2D eigenvalue weighted by Crippen LogP contribution is 2.20. The summed E-state index contributed by atoms with van der Waals surface area (Å²) in [5.41, 5.74) is 7.47. The van der Waals surface area contributed by atoms with Crippen molar-refractivity contribution in [1.29, 1.82) is 5.26 Å². The van der Waals surface area contributed by atoms with Gasteiger partial charge in [-0.15, -0.1) is 0 Å². The maximum absolute atomic E-state index is 12.6. The molecule has 0 heterocycles. The van der Waals surface area contributed by atoms with Crippen LogP contribution in [0.1, 0.15) is 45.2 Å². The zero-order valence-corrected chi connectivity index (χ0v) is 13.4. The molecule has 1 rings (SSSR count). The second kappa shape index (κ2) is 7.24. The minimum atomic E-state index is -0.512. The van der Waals surface area contributed by atoms with Gasteiger partial charge >= 0.3 is 0 Å². The number of rotatable bonds is 5. The molecule has 0 saturated heterocycles. The average Bonchev–Trinajstić information content (AvgIpc) is 2.45. The van der Waals surface area contributed by atoms with Crippen LogP contribution in [-0.2, 0) is 11.3 Å². The lowest BCUT2D eigenvalue weighted by Gasteiger charge is -2.32. The molecule has 4 heteroatoms. The highest BCUT2D eigenvalue weighted by atomic mass is 16.2. The molecule has 4 nitrogen and oxygen atoms in total. The van der Waals surface area contributed by atoms with Gasteiger partial charge in [-0.3, -0.25) is 4.79 Å².